The smallest absolute Gasteiger partial charge is 0.326 e. The number of aliphatic carboxylic acids is 1. The lowest BCUT2D eigenvalue weighted by molar-refractivity contribution is -0.148. The Bertz CT molecular complexity index is 687. The van der Waals surface area contributed by atoms with E-state index in [-0.39, 0.29) is 23.1 Å². The zero-order chi connectivity index (χ0) is 17.6. The first kappa shape index (κ1) is 16.2. The van der Waals surface area contributed by atoms with Gasteiger partial charge in [-0.05, 0) is 49.7 Å². The largest absolute Gasteiger partial charge is 0.480 e. The number of carbonyl (C=O) groups excluding carboxylic acids is 2. The Hall–Kier alpha value is -2.31. The van der Waals surface area contributed by atoms with Crippen molar-refractivity contribution in [1.82, 2.24) is 14.8 Å². The number of nitrogens with zero attached hydrogens (tertiary/aromatic N) is 2. The molecule has 1 aliphatic carbocycles. The molecule has 0 bridgehead atoms. The van der Waals surface area contributed by atoms with Crippen LogP contribution in [0.5, 0.6) is 0 Å². The number of nitrogens with one attached hydrogen (secondary N) is 1. The molecule has 2 N–H and O–H groups in total. The lowest BCUT2D eigenvalue weighted by Gasteiger charge is -2.39. The van der Waals surface area contributed by atoms with Gasteiger partial charge in [0, 0.05) is 31.7 Å². The highest BCUT2D eigenvalue weighted by molar-refractivity contribution is 5.92. The van der Waals surface area contributed by atoms with Crippen LogP contribution < -0.4 is 0 Å². The Morgan fingerprint density at radius 2 is 1.92 bits per heavy atom. The zero-order valence-corrected chi connectivity index (χ0v) is 14.1. The van der Waals surface area contributed by atoms with E-state index in [1.54, 1.807) is 23.2 Å². The Labute approximate surface area is 146 Å². The first-order chi connectivity index (χ1) is 12.0. The number of amides is 2. The van der Waals surface area contributed by atoms with Gasteiger partial charge in [-0.15, -0.1) is 0 Å². The van der Waals surface area contributed by atoms with Crippen LogP contribution >= 0.6 is 0 Å². The van der Waals surface area contributed by atoms with Crippen LogP contribution in [0.2, 0.25) is 0 Å². The molecule has 0 unspecified atom stereocenters. The third kappa shape index (κ3) is 2.92. The van der Waals surface area contributed by atoms with Gasteiger partial charge in [0.2, 0.25) is 5.91 Å². The SMILES string of the molecule is O=C(O)[C@@H]1CC2(CCN(C(=O)c3ccc[nH]3)CC2)CN1C(=O)C1CC1. The number of carboxylic acids is 1. The normalized spacial score (nSPS) is 25.4. The van der Waals surface area contributed by atoms with E-state index in [0.29, 0.717) is 31.7 Å². The molecule has 7 nitrogen and oxygen atoms in total. The van der Waals surface area contributed by atoms with Crippen LogP contribution in [0.15, 0.2) is 18.3 Å². The number of aromatic amines is 1. The summed E-state index contributed by atoms with van der Waals surface area (Å²) in [7, 11) is 0. The van der Waals surface area contributed by atoms with Crippen LogP contribution in [-0.4, -0.2) is 63.4 Å². The molecule has 3 fully saturated rings. The molecule has 25 heavy (non-hydrogen) atoms. The van der Waals surface area contributed by atoms with Gasteiger partial charge in [0.1, 0.15) is 11.7 Å². The van der Waals surface area contributed by atoms with Gasteiger partial charge in [0.15, 0.2) is 0 Å². The molecule has 1 saturated carbocycles. The second kappa shape index (κ2) is 5.89. The highest BCUT2D eigenvalue weighted by atomic mass is 16.4. The van der Waals surface area contributed by atoms with E-state index >= 15 is 0 Å². The number of piperidine rings is 1. The molecule has 1 spiro atoms. The third-order valence-corrected chi connectivity index (χ3v) is 5.94. The Balaban J connectivity index is 1.44. The minimum absolute atomic E-state index is 0.00849. The quantitative estimate of drug-likeness (QED) is 0.864. The molecule has 7 heteroatoms. The Morgan fingerprint density at radius 1 is 1.20 bits per heavy atom. The van der Waals surface area contributed by atoms with Crippen molar-refractivity contribution >= 4 is 17.8 Å². The van der Waals surface area contributed by atoms with E-state index in [0.717, 1.165) is 25.7 Å². The predicted octanol–water partition coefficient (Wildman–Crippen LogP) is 1.33. The maximum absolute atomic E-state index is 12.5. The van der Waals surface area contributed by atoms with Crippen molar-refractivity contribution in [3.05, 3.63) is 24.0 Å². The molecule has 3 aliphatic rings. The van der Waals surface area contributed by atoms with Crippen molar-refractivity contribution in [2.45, 2.75) is 38.1 Å². The number of hydrogen-bond acceptors (Lipinski definition) is 3. The van der Waals surface area contributed by atoms with Crippen LogP contribution in [0.4, 0.5) is 0 Å². The van der Waals surface area contributed by atoms with Gasteiger partial charge in [0.25, 0.3) is 5.91 Å². The highest BCUT2D eigenvalue weighted by Gasteiger charge is 2.52. The second-order valence-corrected chi connectivity index (χ2v) is 7.67. The van der Waals surface area contributed by atoms with Gasteiger partial charge in [-0.2, -0.15) is 0 Å². The number of hydrogen-bond donors (Lipinski definition) is 2. The van der Waals surface area contributed by atoms with Crippen molar-refractivity contribution in [1.29, 1.82) is 0 Å². The lowest BCUT2D eigenvalue weighted by atomic mass is 9.76. The molecule has 3 heterocycles. The van der Waals surface area contributed by atoms with E-state index < -0.39 is 12.0 Å². The molecular weight excluding hydrogens is 322 g/mol. The molecule has 4 rings (SSSR count). The zero-order valence-electron chi connectivity index (χ0n) is 14.1. The monoisotopic (exact) mass is 345 g/mol. The molecule has 134 valence electrons. The number of carboxylic acid groups (broad SMARTS) is 1. The minimum Gasteiger partial charge on any atom is -0.480 e. The van der Waals surface area contributed by atoms with E-state index in [2.05, 4.69) is 4.98 Å². The third-order valence-electron chi connectivity index (χ3n) is 5.94. The summed E-state index contributed by atoms with van der Waals surface area (Å²) >= 11 is 0. The molecule has 1 aromatic rings. The standard InChI is InChI=1S/C18H23N3O4/c22-15(12-3-4-12)21-11-18(10-14(21)17(24)25)5-8-20(9-6-18)16(23)13-2-1-7-19-13/h1-2,7,12,14,19H,3-6,8-11H2,(H,24,25)/t14-/m0/s1. The van der Waals surface area contributed by atoms with E-state index in [4.69, 9.17) is 0 Å². The van der Waals surface area contributed by atoms with Gasteiger partial charge in [-0.1, -0.05) is 0 Å². The summed E-state index contributed by atoms with van der Waals surface area (Å²) in [6, 6.07) is 2.85. The van der Waals surface area contributed by atoms with Crippen molar-refractivity contribution in [2.24, 2.45) is 11.3 Å². The maximum atomic E-state index is 12.5. The molecule has 1 aromatic heterocycles. The molecule has 0 aromatic carbocycles. The van der Waals surface area contributed by atoms with Crippen molar-refractivity contribution in [3.8, 4) is 0 Å². The van der Waals surface area contributed by atoms with Crippen molar-refractivity contribution in [2.75, 3.05) is 19.6 Å². The van der Waals surface area contributed by atoms with Gasteiger partial charge >= 0.3 is 5.97 Å². The molecule has 2 amide bonds. The number of rotatable bonds is 3. The van der Waals surface area contributed by atoms with Crippen LogP contribution in [0.1, 0.15) is 42.6 Å². The summed E-state index contributed by atoms with van der Waals surface area (Å²) in [5.74, 6) is -0.880. The summed E-state index contributed by atoms with van der Waals surface area (Å²) in [6.45, 7) is 1.73. The van der Waals surface area contributed by atoms with Gasteiger partial charge < -0.3 is 19.9 Å². The lowest BCUT2D eigenvalue weighted by Crippen LogP contribution is -2.45. The van der Waals surface area contributed by atoms with E-state index in [1.807, 2.05) is 4.90 Å². The highest BCUT2D eigenvalue weighted by Crippen LogP contribution is 2.45. The molecule has 0 radical (unpaired) electrons. The molecule has 2 aliphatic heterocycles. The number of aromatic nitrogens is 1. The minimum atomic E-state index is -0.907. The summed E-state index contributed by atoms with van der Waals surface area (Å²) in [6.07, 6.45) is 5.50. The van der Waals surface area contributed by atoms with Gasteiger partial charge in [-0.3, -0.25) is 9.59 Å². The van der Waals surface area contributed by atoms with Gasteiger partial charge in [0.05, 0.1) is 0 Å². The number of carbonyl (C=O) groups is 3. The second-order valence-electron chi connectivity index (χ2n) is 7.67. The first-order valence-electron chi connectivity index (χ1n) is 8.95. The van der Waals surface area contributed by atoms with E-state index in [1.165, 1.54) is 0 Å². The average Bonchev–Trinajstić information content (AvgIpc) is 3.17. The number of H-pyrrole nitrogens is 1. The fraction of sp³-hybridized carbons (Fsp3) is 0.611. The Morgan fingerprint density at radius 3 is 2.48 bits per heavy atom. The maximum Gasteiger partial charge on any atom is 0.326 e. The molecule has 1 atom stereocenters. The molecular formula is C18H23N3O4. The topological polar surface area (TPSA) is 93.7 Å². The fourth-order valence-corrected chi connectivity index (χ4v) is 4.25. The number of likely N-dealkylation sites (tertiary alicyclic amines) is 2. The summed E-state index contributed by atoms with van der Waals surface area (Å²) in [5.41, 5.74) is 0.413. The van der Waals surface area contributed by atoms with Crippen LogP contribution in [0, 0.1) is 11.3 Å². The van der Waals surface area contributed by atoms with E-state index in [9.17, 15) is 19.5 Å². The van der Waals surface area contributed by atoms with Crippen molar-refractivity contribution in [3.63, 3.8) is 0 Å². The fourth-order valence-electron chi connectivity index (χ4n) is 4.25. The van der Waals surface area contributed by atoms with Gasteiger partial charge in [-0.25, -0.2) is 4.79 Å². The van der Waals surface area contributed by atoms with Crippen LogP contribution in [0.3, 0.4) is 0 Å². The van der Waals surface area contributed by atoms with Crippen LogP contribution in [0.25, 0.3) is 0 Å². The van der Waals surface area contributed by atoms with Crippen LogP contribution in [-0.2, 0) is 9.59 Å². The molecule has 2 saturated heterocycles. The average molecular weight is 345 g/mol. The Kier molecular flexibility index (Phi) is 3.81. The van der Waals surface area contributed by atoms with Crippen molar-refractivity contribution < 1.29 is 19.5 Å². The summed E-state index contributed by atoms with van der Waals surface area (Å²) < 4.78 is 0. The summed E-state index contributed by atoms with van der Waals surface area (Å²) in [5, 5.41) is 9.55. The predicted molar refractivity (Wildman–Crippen MR) is 88.8 cm³/mol. The first-order valence-corrected chi connectivity index (χ1v) is 8.95. The summed E-state index contributed by atoms with van der Waals surface area (Å²) in [4.78, 5) is 42.9.